The van der Waals surface area contributed by atoms with Gasteiger partial charge < -0.3 is 9.47 Å². The van der Waals surface area contributed by atoms with E-state index in [1.54, 1.807) is 7.11 Å². The van der Waals surface area contributed by atoms with E-state index in [2.05, 4.69) is 81.0 Å². The molecule has 4 heteroatoms. The third-order valence-electron chi connectivity index (χ3n) is 4.34. The Hall–Kier alpha value is -2.07. The fraction of sp³-hybridized carbons (Fsp3) is 0.350. The second-order valence-electron chi connectivity index (χ2n) is 6.77. The first kappa shape index (κ1) is 16.8. The van der Waals surface area contributed by atoms with Gasteiger partial charge in [-0.1, -0.05) is 48.5 Å². The average molecular weight is 320 g/mol. The van der Waals surface area contributed by atoms with E-state index in [1.807, 2.05) is 0 Å². The van der Waals surface area contributed by atoms with Gasteiger partial charge in [0.2, 0.25) is 0 Å². The lowest BCUT2D eigenvalue weighted by Crippen LogP contribution is -2.55. The van der Waals surface area contributed by atoms with Gasteiger partial charge in [0, 0.05) is 24.8 Å². The molecule has 124 valence electrons. The van der Waals surface area contributed by atoms with E-state index in [0.29, 0.717) is 0 Å². The zero-order valence-corrected chi connectivity index (χ0v) is 15.2. The topological polar surface area (TPSA) is 24.8 Å². The van der Waals surface area contributed by atoms with Crippen molar-refractivity contribution in [1.82, 2.24) is 4.81 Å². The number of nitrogens with zero attached hydrogens (tertiary/aromatic N) is 2. The number of amidine groups is 1. The van der Waals surface area contributed by atoms with Gasteiger partial charge >= 0.3 is 7.05 Å². The van der Waals surface area contributed by atoms with Gasteiger partial charge in [-0.05, 0) is 44.3 Å². The molecule has 0 unspecified atom stereocenters. The van der Waals surface area contributed by atoms with E-state index >= 15 is 0 Å². The molecule has 0 amide bonds. The van der Waals surface area contributed by atoms with Crippen LogP contribution in [-0.4, -0.2) is 36.9 Å². The molecule has 0 aromatic heterocycles. The van der Waals surface area contributed by atoms with Gasteiger partial charge in [-0.2, -0.15) is 0 Å². The van der Waals surface area contributed by atoms with Crippen molar-refractivity contribution < 1.29 is 4.65 Å². The van der Waals surface area contributed by atoms with Crippen molar-refractivity contribution in [2.75, 3.05) is 7.11 Å². The van der Waals surface area contributed by atoms with E-state index in [4.69, 9.17) is 9.65 Å². The number of hydrogen-bond acceptors (Lipinski definition) is 2. The Labute approximate surface area is 145 Å². The highest BCUT2D eigenvalue weighted by molar-refractivity contribution is 6.69. The maximum atomic E-state index is 5.96. The molecular formula is C20H25BN2O. The van der Waals surface area contributed by atoms with Crippen molar-refractivity contribution in [3.8, 4) is 11.1 Å². The molecule has 3 rings (SSSR count). The third kappa shape index (κ3) is 2.87. The van der Waals surface area contributed by atoms with E-state index in [9.17, 15) is 0 Å². The first-order chi connectivity index (χ1) is 11.5. The van der Waals surface area contributed by atoms with Crippen LogP contribution in [0.1, 0.15) is 33.3 Å². The first-order valence-corrected chi connectivity index (χ1v) is 8.62. The SMILES string of the molecule is COB1c2ccccc2-c2ccccc2C(=NC(C)C)N1C(C)C. The molecular weight excluding hydrogens is 295 g/mol. The predicted octanol–water partition coefficient (Wildman–Crippen LogP) is 3.57. The first-order valence-electron chi connectivity index (χ1n) is 8.62. The van der Waals surface area contributed by atoms with E-state index in [-0.39, 0.29) is 19.1 Å². The summed E-state index contributed by atoms with van der Waals surface area (Å²) in [5.41, 5.74) is 4.80. The summed E-state index contributed by atoms with van der Waals surface area (Å²) in [5.74, 6) is 1.01. The number of fused-ring (bicyclic) bond motifs is 3. The second-order valence-corrected chi connectivity index (χ2v) is 6.77. The van der Waals surface area contributed by atoms with Crippen LogP contribution in [0, 0.1) is 0 Å². The van der Waals surface area contributed by atoms with Gasteiger partial charge in [0.15, 0.2) is 0 Å². The van der Waals surface area contributed by atoms with Crippen molar-refractivity contribution in [2.45, 2.75) is 39.8 Å². The van der Waals surface area contributed by atoms with Crippen molar-refractivity contribution in [1.29, 1.82) is 0 Å². The number of aliphatic imine (C=N–C) groups is 1. The largest absolute Gasteiger partial charge is 0.453 e. The molecule has 1 aliphatic rings. The van der Waals surface area contributed by atoms with Crippen LogP contribution in [0.3, 0.4) is 0 Å². The minimum absolute atomic E-state index is 0.147. The van der Waals surface area contributed by atoms with Crippen LogP contribution in [0.25, 0.3) is 11.1 Å². The Bertz CT molecular complexity index is 755. The third-order valence-corrected chi connectivity index (χ3v) is 4.34. The average Bonchev–Trinajstić information content (AvgIpc) is 2.68. The number of rotatable bonds is 3. The molecule has 2 aromatic carbocycles. The molecule has 0 atom stereocenters. The maximum Gasteiger partial charge on any atom is 0.453 e. The second kappa shape index (κ2) is 6.82. The Balaban J connectivity index is 2.36. The monoisotopic (exact) mass is 320 g/mol. The predicted molar refractivity (Wildman–Crippen MR) is 103 cm³/mol. The zero-order chi connectivity index (χ0) is 17.3. The Morgan fingerprint density at radius 2 is 1.46 bits per heavy atom. The molecule has 0 N–H and O–H groups in total. The summed E-state index contributed by atoms with van der Waals surface area (Å²) in [6, 6.07) is 17.5. The Kier molecular flexibility index (Phi) is 4.77. The molecule has 1 aliphatic heterocycles. The normalized spacial score (nSPS) is 15.7. The molecule has 0 radical (unpaired) electrons. The zero-order valence-electron chi connectivity index (χ0n) is 15.2. The summed E-state index contributed by atoms with van der Waals surface area (Å²) in [4.78, 5) is 7.28. The molecule has 0 aliphatic carbocycles. The van der Waals surface area contributed by atoms with Crippen LogP contribution in [0.15, 0.2) is 53.5 Å². The van der Waals surface area contributed by atoms with E-state index in [0.717, 1.165) is 5.84 Å². The summed E-state index contributed by atoms with van der Waals surface area (Å²) >= 11 is 0. The van der Waals surface area contributed by atoms with Gasteiger partial charge in [-0.3, -0.25) is 4.99 Å². The van der Waals surface area contributed by atoms with Gasteiger partial charge in [0.25, 0.3) is 0 Å². The van der Waals surface area contributed by atoms with Gasteiger partial charge in [0.1, 0.15) is 5.84 Å². The lowest BCUT2D eigenvalue weighted by Gasteiger charge is -2.34. The van der Waals surface area contributed by atoms with Crippen LogP contribution in [0.2, 0.25) is 0 Å². The molecule has 0 fully saturated rings. The quantitative estimate of drug-likeness (QED) is 0.808. The van der Waals surface area contributed by atoms with Crippen molar-refractivity contribution in [3.05, 3.63) is 54.1 Å². The highest BCUT2D eigenvalue weighted by Crippen LogP contribution is 2.29. The van der Waals surface area contributed by atoms with Gasteiger partial charge in [-0.15, -0.1) is 0 Å². The van der Waals surface area contributed by atoms with Crippen LogP contribution in [-0.2, 0) is 4.65 Å². The fourth-order valence-corrected chi connectivity index (χ4v) is 3.41. The smallest absolute Gasteiger partial charge is 0.415 e. The lowest BCUT2D eigenvalue weighted by molar-refractivity contribution is 0.358. The van der Waals surface area contributed by atoms with E-state index < -0.39 is 0 Å². The fourth-order valence-electron chi connectivity index (χ4n) is 3.41. The number of benzene rings is 2. The van der Waals surface area contributed by atoms with Gasteiger partial charge in [0.05, 0.1) is 0 Å². The molecule has 0 saturated heterocycles. The Morgan fingerprint density at radius 3 is 2.04 bits per heavy atom. The maximum absolute atomic E-state index is 5.96. The summed E-state index contributed by atoms with van der Waals surface area (Å²) in [7, 11) is 1.63. The van der Waals surface area contributed by atoms with Crippen LogP contribution in [0.5, 0.6) is 0 Å². The molecule has 1 heterocycles. The molecule has 0 bridgehead atoms. The van der Waals surface area contributed by atoms with Crippen molar-refractivity contribution in [3.63, 3.8) is 0 Å². The van der Waals surface area contributed by atoms with Crippen LogP contribution < -0.4 is 5.46 Å². The standard InChI is InChI=1S/C20H25BN2O/c1-14(2)22-20-18-12-7-6-10-16(18)17-11-8-9-13-19(17)21(24-5)23(20)15(3)4/h6-15H,1-5H3. The molecule has 24 heavy (non-hydrogen) atoms. The summed E-state index contributed by atoms with van der Waals surface area (Å²) in [5, 5.41) is 0. The van der Waals surface area contributed by atoms with Crippen LogP contribution in [0.4, 0.5) is 0 Å². The van der Waals surface area contributed by atoms with Gasteiger partial charge in [-0.25, -0.2) is 0 Å². The highest BCUT2D eigenvalue weighted by Gasteiger charge is 2.37. The summed E-state index contributed by atoms with van der Waals surface area (Å²) in [6.45, 7) is 8.62. The van der Waals surface area contributed by atoms with E-state index in [1.165, 1.54) is 22.2 Å². The minimum atomic E-state index is -0.147. The lowest BCUT2D eigenvalue weighted by atomic mass is 9.68. The molecule has 0 spiro atoms. The van der Waals surface area contributed by atoms with Crippen molar-refractivity contribution in [2.24, 2.45) is 4.99 Å². The molecule has 3 nitrogen and oxygen atoms in total. The highest BCUT2D eigenvalue weighted by atomic mass is 16.4. The summed E-state index contributed by atoms with van der Waals surface area (Å²) in [6.07, 6.45) is 0. The number of hydrogen-bond donors (Lipinski definition) is 0. The molecule has 0 saturated carbocycles. The van der Waals surface area contributed by atoms with Crippen molar-refractivity contribution >= 4 is 18.3 Å². The Morgan fingerprint density at radius 1 is 0.875 bits per heavy atom. The van der Waals surface area contributed by atoms with Crippen LogP contribution >= 0.6 is 0 Å². The molecule has 2 aromatic rings. The summed E-state index contributed by atoms with van der Waals surface area (Å²) < 4.78 is 5.96. The minimum Gasteiger partial charge on any atom is -0.415 e.